The summed E-state index contributed by atoms with van der Waals surface area (Å²) in [5.74, 6) is -0.145. The predicted octanol–water partition coefficient (Wildman–Crippen LogP) is 13.5. The fourth-order valence-corrected chi connectivity index (χ4v) is 8.72. The molecule has 9 nitrogen and oxygen atoms in total. The van der Waals surface area contributed by atoms with E-state index in [9.17, 15) is 30.3 Å². The van der Waals surface area contributed by atoms with Gasteiger partial charge in [0.2, 0.25) is 5.91 Å². The summed E-state index contributed by atoms with van der Waals surface area (Å²) in [4.78, 5) is 13.0. The van der Waals surface area contributed by atoms with Crippen molar-refractivity contribution in [3.05, 3.63) is 60.8 Å². The zero-order valence-corrected chi connectivity index (χ0v) is 43.1. The number of carbonyl (C=O) groups excluding carboxylic acids is 1. The van der Waals surface area contributed by atoms with E-state index in [2.05, 4.69) is 79.9 Å². The summed E-state index contributed by atoms with van der Waals surface area (Å²) in [6.07, 6.45) is 56.8. The van der Waals surface area contributed by atoms with Gasteiger partial charge in [-0.2, -0.15) is 0 Å². The van der Waals surface area contributed by atoms with Crippen molar-refractivity contribution >= 4 is 5.91 Å². The smallest absolute Gasteiger partial charge is 0.220 e. The summed E-state index contributed by atoms with van der Waals surface area (Å²) in [5.41, 5.74) is 0. The van der Waals surface area contributed by atoms with Crippen LogP contribution in [0.1, 0.15) is 245 Å². The lowest BCUT2D eigenvalue weighted by molar-refractivity contribution is -0.302. The predicted molar refractivity (Wildman–Crippen MR) is 281 cm³/mol. The third-order valence-electron chi connectivity index (χ3n) is 13.1. The highest BCUT2D eigenvalue weighted by atomic mass is 16.7. The fourth-order valence-electron chi connectivity index (χ4n) is 8.72. The number of aliphatic hydroxyl groups is 5. The molecule has 0 aromatic carbocycles. The van der Waals surface area contributed by atoms with Crippen LogP contribution < -0.4 is 5.32 Å². The van der Waals surface area contributed by atoms with Crippen LogP contribution in [0.2, 0.25) is 0 Å². The van der Waals surface area contributed by atoms with E-state index in [1.807, 2.05) is 0 Å². The molecule has 7 unspecified atom stereocenters. The molecule has 390 valence electrons. The van der Waals surface area contributed by atoms with Crippen molar-refractivity contribution in [3.63, 3.8) is 0 Å². The van der Waals surface area contributed by atoms with Crippen LogP contribution >= 0.6 is 0 Å². The highest BCUT2D eigenvalue weighted by Crippen LogP contribution is 2.23. The van der Waals surface area contributed by atoms with E-state index in [4.69, 9.17) is 9.47 Å². The van der Waals surface area contributed by atoms with Crippen LogP contribution in [0.4, 0.5) is 0 Å². The van der Waals surface area contributed by atoms with E-state index in [0.29, 0.717) is 12.8 Å². The van der Waals surface area contributed by atoms with E-state index in [1.165, 1.54) is 148 Å². The van der Waals surface area contributed by atoms with Gasteiger partial charge in [-0.25, -0.2) is 0 Å². The van der Waals surface area contributed by atoms with Crippen molar-refractivity contribution in [1.82, 2.24) is 5.32 Å². The van der Waals surface area contributed by atoms with Gasteiger partial charge in [0.05, 0.1) is 25.4 Å². The number of nitrogens with one attached hydrogen (secondary N) is 1. The zero-order valence-electron chi connectivity index (χ0n) is 43.1. The first kappa shape index (κ1) is 62.9. The Hall–Kier alpha value is -2.11. The van der Waals surface area contributed by atoms with Gasteiger partial charge in [0.25, 0.3) is 0 Å². The highest BCUT2D eigenvalue weighted by Gasteiger charge is 2.44. The maximum Gasteiger partial charge on any atom is 0.220 e. The summed E-state index contributed by atoms with van der Waals surface area (Å²) < 4.78 is 11.3. The lowest BCUT2D eigenvalue weighted by Gasteiger charge is -2.40. The molecule has 0 saturated carbocycles. The second-order valence-corrected chi connectivity index (χ2v) is 19.4. The van der Waals surface area contributed by atoms with Gasteiger partial charge in [0.15, 0.2) is 6.29 Å². The van der Waals surface area contributed by atoms with Crippen molar-refractivity contribution in [2.75, 3.05) is 13.2 Å². The number of hydrogen-bond acceptors (Lipinski definition) is 8. The van der Waals surface area contributed by atoms with Gasteiger partial charge in [0, 0.05) is 6.42 Å². The molecule has 1 saturated heterocycles. The number of unbranched alkanes of at least 4 members (excludes halogenated alkanes) is 27. The average Bonchev–Trinajstić information content (AvgIpc) is 3.33. The van der Waals surface area contributed by atoms with Crippen molar-refractivity contribution in [2.24, 2.45) is 0 Å². The molecule has 1 fully saturated rings. The quantitative estimate of drug-likeness (QED) is 0.0261. The third-order valence-corrected chi connectivity index (χ3v) is 13.1. The van der Waals surface area contributed by atoms with E-state index in [-0.39, 0.29) is 12.5 Å². The second-order valence-electron chi connectivity index (χ2n) is 19.4. The molecule has 1 amide bonds. The molecule has 0 spiro atoms. The van der Waals surface area contributed by atoms with Crippen molar-refractivity contribution in [2.45, 2.75) is 288 Å². The topological polar surface area (TPSA) is 149 Å². The van der Waals surface area contributed by atoms with Gasteiger partial charge in [-0.15, -0.1) is 0 Å². The van der Waals surface area contributed by atoms with Crippen LogP contribution in [0.5, 0.6) is 0 Å². The lowest BCUT2D eigenvalue weighted by Crippen LogP contribution is -2.60. The SMILES string of the molecule is CC/C=C\C/C=C\C/C=C\C/C=C\C/C=C\CCCCCCCCCCCCCCCCCC(=O)NC(COC1OC(CO)C(O)C(O)C1O)C(O)CCCCCCCCCCCCCCC. The van der Waals surface area contributed by atoms with Gasteiger partial charge >= 0.3 is 0 Å². The van der Waals surface area contributed by atoms with Gasteiger partial charge in [0.1, 0.15) is 24.4 Å². The highest BCUT2D eigenvalue weighted by molar-refractivity contribution is 5.76. The van der Waals surface area contributed by atoms with Crippen LogP contribution in [-0.2, 0) is 14.3 Å². The summed E-state index contributed by atoms with van der Waals surface area (Å²) in [6.45, 7) is 3.73. The van der Waals surface area contributed by atoms with Gasteiger partial charge in [-0.3, -0.25) is 4.79 Å². The summed E-state index contributed by atoms with van der Waals surface area (Å²) >= 11 is 0. The van der Waals surface area contributed by atoms with E-state index < -0.39 is 49.5 Å². The van der Waals surface area contributed by atoms with Crippen LogP contribution in [-0.4, -0.2) is 87.5 Å². The van der Waals surface area contributed by atoms with Gasteiger partial charge in [-0.05, 0) is 57.8 Å². The normalized spacial score (nSPS) is 20.1. The number of allylic oxidation sites excluding steroid dienone is 10. The molecule has 6 N–H and O–H groups in total. The van der Waals surface area contributed by atoms with E-state index in [0.717, 1.165) is 70.6 Å². The minimum absolute atomic E-state index is 0.138. The Kier molecular flexibility index (Phi) is 44.7. The Bertz CT molecular complexity index is 1230. The molecule has 1 rings (SSSR count). The molecule has 67 heavy (non-hydrogen) atoms. The summed E-state index contributed by atoms with van der Waals surface area (Å²) in [5, 5.41) is 54.5. The molecule has 1 aliphatic heterocycles. The maximum absolute atomic E-state index is 13.0. The first-order valence-corrected chi connectivity index (χ1v) is 28.0. The zero-order chi connectivity index (χ0) is 48.7. The second kappa shape index (κ2) is 47.6. The van der Waals surface area contributed by atoms with Crippen LogP contribution in [0, 0.1) is 0 Å². The largest absolute Gasteiger partial charge is 0.394 e. The molecule has 0 bridgehead atoms. The molecule has 9 heteroatoms. The Balaban J connectivity index is 2.14. The number of carbonyl (C=O) groups is 1. The Morgan fingerprint density at radius 1 is 0.522 bits per heavy atom. The van der Waals surface area contributed by atoms with Crippen molar-refractivity contribution < 1.29 is 39.8 Å². The number of amides is 1. The molecule has 0 aromatic heterocycles. The Labute approximate surface area is 411 Å². The standard InChI is InChI=1S/C58H105NO8/c1-3-5-7-9-11-13-15-17-18-19-20-21-22-23-24-25-26-27-28-29-30-31-32-33-34-36-38-40-42-44-46-48-54(62)59-51(50-66-58-57(65)56(64)55(63)53(49-60)67-58)52(61)47-45-43-41-39-37-35-16-14-12-10-8-6-4-2/h5,7,11,13,17-18,20-21,23-24,51-53,55-58,60-61,63-65H,3-4,6,8-10,12,14-16,19,22,25-50H2,1-2H3,(H,59,62)/b7-5-,13-11-,18-17-,21-20-,24-23-. The van der Waals surface area contributed by atoms with Crippen molar-refractivity contribution in [1.29, 1.82) is 0 Å². The number of hydrogen-bond donors (Lipinski definition) is 6. The molecule has 0 aromatic rings. The molecule has 0 aliphatic carbocycles. The van der Waals surface area contributed by atoms with E-state index in [1.54, 1.807) is 0 Å². The first-order chi connectivity index (χ1) is 32.8. The molecule has 7 atom stereocenters. The molecule has 1 heterocycles. The number of aliphatic hydroxyl groups excluding tert-OH is 5. The Morgan fingerprint density at radius 3 is 1.37 bits per heavy atom. The molecule has 1 aliphatic rings. The number of ether oxygens (including phenoxy) is 2. The summed E-state index contributed by atoms with van der Waals surface area (Å²) in [6, 6.07) is -0.720. The lowest BCUT2D eigenvalue weighted by atomic mass is 9.99. The summed E-state index contributed by atoms with van der Waals surface area (Å²) in [7, 11) is 0. The Morgan fingerprint density at radius 2 is 0.925 bits per heavy atom. The monoisotopic (exact) mass is 944 g/mol. The minimum atomic E-state index is -1.55. The van der Waals surface area contributed by atoms with Crippen LogP contribution in [0.3, 0.4) is 0 Å². The van der Waals surface area contributed by atoms with Gasteiger partial charge in [-0.1, -0.05) is 242 Å². The van der Waals surface area contributed by atoms with Gasteiger partial charge < -0.3 is 40.3 Å². The molecular formula is C58H105NO8. The van der Waals surface area contributed by atoms with E-state index >= 15 is 0 Å². The molecule has 0 radical (unpaired) electrons. The van der Waals surface area contributed by atoms with Crippen molar-refractivity contribution in [3.8, 4) is 0 Å². The maximum atomic E-state index is 13.0. The van der Waals surface area contributed by atoms with Crippen LogP contribution in [0.15, 0.2) is 60.8 Å². The first-order valence-electron chi connectivity index (χ1n) is 28.0. The minimum Gasteiger partial charge on any atom is -0.394 e. The molecular weight excluding hydrogens is 839 g/mol. The third kappa shape index (κ3) is 37.4. The number of rotatable bonds is 47. The average molecular weight is 944 g/mol. The van der Waals surface area contributed by atoms with Crippen LogP contribution in [0.25, 0.3) is 0 Å². The fraction of sp³-hybridized carbons (Fsp3) is 0.810.